The Labute approximate surface area is 122 Å². The van der Waals surface area contributed by atoms with Gasteiger partial charge in [0.2, 0.25) is 0 Å². The Morgan fingerprint density at radius 1 is 1.30 bits per heavy atom. The van der Waals surface area contributed by atoms with Crippen molar-refractivity contribution in [2.45, 2.75) is 84.4 Å². The van der Waals surface area contributed by atoms with Gasteiger partial charge in [0.25, 0.3) is 0 Å². The van der Waals surface area contributed by atoms with Crippen LogP contribution in [-0.2, 0) is 9.53 Å². The van der Waals surface area contributed by atoms with Crippen LogP contribution in [0.15, 0.2) is 0 Å². The summed E-state index contributed by atoms with van der Waals surface area (Å²) < 4.78 is 5.56. The maximum absolute atomic E-state index is 12.6. The standard InChI is InChI=1S/C16H29NO3/c1-12(2)14(10-11-18)17(13-8-6-7-9-13)15(19)20-16(3,4)5/h11-14H,6-10H2,1-5H3. The molecular formula is C16H29NO3. The van der Waals surface area contributed by atoms with Crippen LogP contribution in [0.5, 0.6) is 0 Å². The second-order valence-corrected chi connectivity index (χ2v) is 7.04. The van der Waals surface area contributed by atoms with Crippen LogP contribution in [0.3, 0.4) is 0 Å². The number of carbonyl (C=O) groups is 2. The fourth-order valence-electron chi connectivity index (χ4n) is 2.86. The van der Waals surface area contributed by atoms with Crippen LogP contribution in [0.2, 0.25) is 0 Å². The van der Waals surface area contributed by atoms with E-state index in [0.717, 1.165) is 32.0 Å². The number of ether oxygens (including phenoxy) is 1. The molecule has 0 aromatic carbocycles. The highest BCUT2D eigenvalue weighted by atomic mass is 16.6. The van der Waals surface area contributed by atoms with E-state index in [4.69, 9.17) is 4.74 Å². The molecule has 1 unspecified atom stereocenters. The quantitative estimate of drug-likeness (QED) is 0.721. The van der Waals surface area contributed by atoms with Gasteiger partial charge in [0.05, 0.1) is 0 Å². The SMILES string of the molecule is CC(C)C(CC=O)N(C(=O)OC(C)(C)C)C1CCCC1. The van der Waals surface area contributed by atoms with E-state index in [-0.39, 0.29) is 24.1 Å². The molecule has 1 atom stereocenters. The predicted molar refractivity (Wildman–Crippen MR) is 79.6 cm³/mol. The summed E-state index contributed by atoms with van der Waals surface area (Å²) in [7, 11) is 0. The van der Waals surface area contributed by atoms with Crippen molar-refractivity contribution in [1.29, 1.82) is 0 Å². The summed E-state index contributed by atoms with van der Waals surface area (Å²) in [4.78, 5) is 25.4. The normalized spacial score (nSPS) is 18.1. The lowest BCUT2D eigenvalue weighted by Crippen LogP contribution is -2.50. The Bertz CT molecular complexity index is 327. The fraction of sp³-hybridized carbons (Fsp3) is 0.875. The van der Waals surface area contributed by atoms with Gasteiger partial charge in [0.15, 0.2) is 0 Å². The molecule has 1 amide bonds. The van der Waals surface area contributed by atoms with Crippen LogP contribution in [0.4, 0.5) is 4.79 Å². The van der Waals surface area contributed by atoms with Crippen LogP contribution in [0.1, 0.15) is 66.7 Å². The van der Waals surface area contributed by atoms with Crippen molar-refractivity contribution < 1.29 is 14.3 Å². The molecule has 0 aromatic rings. The smallest absolute Gasteiger partial charge is 0.410 e. The molecule has 0 saturated heterocycles. The van der Waals surface area contributed by atoms with Gasteiger partial charge in [-0.15, -0.1) is 0 Å². The molecule has 1 aliphatic carbocycles. The topological polar surface area (TPSA) is 46.6 Å². The van der Waals surface area contributed by atoms with E-state index in [1.165, 1.54) is 0 Å². The number of amides is 1. The van der Waals surface area contributed by atoms with Crippen molar-refractivity contribution in [2.75, 3.05) is 0 Å². The van der Waals surface area contributed by atoms with Gasteiger partial charge in [-0.2, -0.15) is 0 Å². The number of nitrogens with zero attached hydrogens (tertiary/aromatic N) is 1. The highest BCUT2D eigenvalue weighted by molar-refractivity contribution is 5.70. The molecule has 4 nitrogen and oxygen atoms in total. The first-order valence-electron chi connectivity index (χ1n) is 7.71. The molecule has 0 N–H and O–H groups in total. The first kappa shape index (κ1) is 17.0. The van der Waals surface area contributed by atoms with Crippen molar-refractivity contribution in [2.24, 2.45) is 5.92 Å². The Hall–Kier alpha value is -1.06. The summed E-state index contributed by atoms with van der Waals surface area (Å²) in [6, 6.07) is 0.155. The monoisotopic (exact) mass is 283 g/mol. The Morgan fingerprint density at radius 3 is 2.25 bits per heavy atom. The Kier molecular flexibility index (Phi) is 6.03. The summed E-state index contributed by atoms with van der Waals surface area (Å²) >= 11 is 0. The minimum atomic E-state index is -0.503. The maximum Gasteiger partial charge on any atom is 0.410 e. The second kappa shape index (κ2) is 7.09. The molecule has 0 aliphatic heterocycles. The van der Waals surface area contributed by atoms with Crippen molar-refractivity contribution in [3.05, 3.63) is 0 Å². The molecule has 0 heterocycles. The molecule has 1 fully saturated rings. The Balaban J connectivity index is 2.93. The number of hydrogen-bond donors (Lipinski definition) is 0. The molecular weight excluding hydrogens is 254 g/mol. The number of hydrogen-bond acceptors (Lipinski definition) is 3. The second-order valence-electron chi connectivity index (χ2n) is 7.04. The summed E-state index contributed by atoms with van der Waals surface area (Å²) in [6.07, 6.45) is 5.35. The average Bonchev–Trinajstić information content (AvgIpc) is 2.79. The minimum absolute atomic E-state index is 0.0644. The molecule has 1 aliphatic rings. The lowest BCUT2D eigenvalue weighted by atomic mass is 9.97. The predicted octanol–water partition coefficient (Wildman–Crippen LogP) is 3.78. The first-order valence-corrected chi connectivity index (χ1v) is 7.71. The van der Waals surface area contributed by atoms with Crippen LogP contribution >= 0.6 is 0 Å². The van der Waals surface area contributed by atoms with E-state index in [0.29, 0.717) is 6.42 Å². The van der Waals surface area contributed by atoms with Crippen LogP contribution in [-0.4, -0.2) is 35.0 Å². The molecule has 1 rings (SSSR count). The molecule has 1 saturated carbocycles. The third kappa shape index (κ3) is 4.80. The average molecular weight is 283 g/mol. The van der Waals surface area contributed by atoms with Crippen LogP contribution in [0.25, 0.3) is 0 Å². The van der Waals surface area contributed by atoms with Crippen molar-refractivity contribution in [1.82, 2.24) is 4.90 Å². The van der Waals surface area contributed by atoms with Gasteiger partial charge in [-0.3, -0.25) is 0 Å². The van der Waals surface area contributed by atoms with E-state index in [2.05, 4.69) is 13.8 Å². The zero-order valence-electron chi connectivity index (χ0n) is 13.5. The van der Waals surface area contributed by atoms with Crippen molar-refractivity contribution >= 4 is 12.4 Å². The highest BCUT2D eigenvalue weighted by Gasteiger charge is 2.36. The third-order valence-electron chi connectivity index (χ3n) is 3.79. The van der Waals surface area contributed by atoms with E-state index in [9.17, 15) is 9.59 Å². The molecule has 20 heavy (non-hydrogen) atoms. The summed E-state index contributed by atoms with van der Waals surface area (Å²) in [5.74, 6) is 0.244. The van der Waals surface area contributed by atoms with E-state index >= 15 is 0 Å². The minimum Gasteiger partial charge on any atom is -0.444 e. The highest BCUT2D eigenvalue weighted by Crippen LogP contribution is 2.29. The van der Waals surface area contributed by atoms with Gasteiger partial charge >= 0.3 is 6.09 Å². The van der Waals surface area contributed by atoms with Gasteiger partial charge in [-0.05, 0) is 39.5 Å². The van der Waals surface area contributed by atoms with Gasteiger partial charge in [-0.25, -0.2) is 4.79 Å². The lowest BCUT2D eigenvalue weighted by molar-refractivity contribution is -0.109. The summed E-state index contributed by atoms with van der Waals surface area (Å²) in [5.41, 5.74) is -0.503. The largest absolute Gasteiger partial charge is 0.444 e. The fourth-order valence-corrected chi connectivity index (χ4v) is 2.86. The van der Waals surface area contributed by atoms with Gasteiger partial charge < -0.3 is 14.4 Å². The van der Waals surface area contributed by atoms with Gasteiger partial charge in [0, 0.05) is 18.5 Å². The molecule has 0 bridgehead atoms. The van der Waals surface area contributed by atoms with Crippen LogP contribution in [0, 0.1) is 5.92 Å². The molecule has 0 aromatic heterocycles. The van der Waals surface area contributed by atoms with Gasteiger partial charge in [0.1, 0.15) is 11.9 Å². The van der Waals surface area contributed by atoms with Crippen molar-refractivity contribution in [3.63, 3.8) is 0 Å². The zero-order chi connectivity index (χ0) is 15.3. The number of aldehydes is 1. The molecule has 0 radical (unpaired) electrons. The van der Waals surface area contributed by atoms with E-state index in [1.807, 2.05) is 25.7 Å². The maximum atomic E-state index is 12.6. The van der Waals surface area contributed by atoms with E-state index in [1.54, 1.807) is 0 Å². The van der Waals surface area contributed by atoms with Crippen LogP contribution < -0.4 is 0 Å². The molecule has 0 spiro atoms. The lowest BCUT2D eigenvalue weighted by Gasteiger charge is -2.38. The number of carbonyl (C=O) groups excluding carboxylic acids is 2. The van der Waals surface area contributed by atoms with E-state index < -0.39 is 5.60 Å². The Morgan fingerprint density at radius 2 is 1.85 bits per heavy atom. The molecule has 4 heteroatoms. The molecule has 116 valence electrons. The van der Waals surface area contributed by atoms with Crippen molar-refractivity contribution in [3.8, 4) is 0 Å². The number of rotatable bonds is 5. The third-order valence-corrected chi connectivity index (χ3v) is 3.79. The zero-order valence-corrected chi connectivity index (χ0v) is 13.5. The summed E-state index contributed by atoms with van der Waals surface area (Å²) in [6.45, 7) is 9.74. The van der Waals surface area contributed by atoms with Gasteiger partial charge in [-0.1, -0.05) is 26.7 Å². The summed E-state index contributed by atoms with van der Waals surface area (Å²) in [5, 5.41) is 0. The first-order chi connectivity index (χ1) is 9.26.